The van der Waals surface area contributed by atoms with Gasteiger partial charge in [0.1, 0.15) is 15.7 Å². The van der Waals surface area contributed by atoms with Gasteiger partial charge in [-0.1, -0.05) is 12.1 Å². The van der Waals surface area contributed by atoms with E-state index in [4.69, 9.17) is 0 Å². The summed E-state index contributed by atoms with van der Waals surface area (Å²) in [5.41, 5.74) is -0.0353. The number of carbonyl (C=O) groups excluding carboxylic acids is 1. The number of hydrogen-bond donors (Lipinski definition) is 1. The number of sulfone groups is 1. The molecule has 1 amide bonds. The van der Waals surface area contributed by atoms with Crippen molar-refractivity contribution in [3.63, 3.8) is 0 Å². The van der Waals surface area contributed by atoms with Crippen LogP contribution in [0.2, 0.25) is 0 Å². The molecule has 0 aliphatic heterocycles. The average molecular weight is 259 g/mol. The summed E-state index contributed by atoms with van der Waals surface area (Å²) in [6.45, 7) is 0.209. The first kappa shape index (κ1) is 13.6. The molecular formula is C11H14FNO3S. The van der Waals surface area contributed by atoms with Gasteiger partial charge in [0.25, 0.3) is 5.91 Å². The van der Waals surface area contributed by atoms with Gasteiger partial charge in [-0.05, 0) is 18.6 Å². The Bertz CT molecular complexity index is 499. The van der Waals surface area contributed by atoms with E-state index in [-0.39, 0.29) is 17.9 Å². The van der Waals surface area contributed by atoms with E-state index in [0.29, 0.717) is 6.42 Å². The van der Waals surface area contributed by atoms with Crippen LogP contribution in [-0.2, 0) is 9.84 Å². The van der Waals surface area contributed by atoms with Crippen molar-refractivity contribution in [3.05, 3.63) is 35.6 Å². The van der Waals surface area contributed by atoms with Crippen LogP contribution in [0.15, 0.2) is 24.3 Å². The highest BCUT2D eigenvalue weighted by Crippen LogP contribution is 2.05. The second kappa shape index (κ2) is 5.77. The molecule has 0 aliphatic carbocycles. The Morgan fingerprint density at radius 2 is 2.00 bits per heavy atom. The molecule has 0 radical (unpaired) electrons. The Balaban J connectivity index is 2.44. The lowest BCUT2D eigenvalue weighted by Gasteiger charge is -2.05. The van der Waals surface area contributed by atoms with E-state index in [1.165, 1.54) is 18.2 Å². The maximum absolute atomic E-state index is 13.2. The van der Waals surface area contributed by atoms with E-state index >= 15 is 0 Å². The maximum Gasteiger partial charge on any atom is 0.254 e. The minimum Gasteiger partial charge on any atom is -0.352 e. The highest BCUT2D eigenvalue weighted by molar-refractivity contribution is 7.90. The predicted octanol–water partition coefficient (Wildman–Crippen LogP) is 0.990. The monoisotopic (exact) mass is 259 g/mol. The molecule has 0 saturated carbocycles. The predicted molar refractivity (Wildman–Crippen MR) is 63.1 cm³/mol. The Labute approximate surface area is 99.8 Å². The zero-order chi connectivity index (χ0) is 12.9. The molecule has 0 heterocycles. The van der Waals surface area contributed by atoms with Crippen molar-refractivity contribution in [1.82, 2.24) is 5.32 Å². The van der Waals surface area contributed by atoms with Gasteiger partial charge in [0.15, 0.2) is 0 Å². The van der Waals surface area contributed by atoms with Crippen LogP contribution in [0.25, 0.3) is 0 Å². The van der Waals surface area contributed by atoms with Gasteiger partial charge in [0, 0.05) is 12.8 Å². The fraction of sp³-hybridized carbons (Fsp3) is 0.364. The molecule has 1 aromatic rings. The molecule has 1 aromatic carbocycles. The number of nitrogens with one attached hydrogen (secondary N) is 1. The number of benzene rings is 1. The van der Waals surface area contributed by atoms with E-state index in [1.54, 1.807) is 6.07 Å². The second-order valence-electron chi connectivity index (χ2n) is 3.72. The van der Waals surface area contributed by atoms with Crippen molar-refractivity contribution in [3.8, 4) is 0 Å². The number of amides is 1. The first-order valence-electron chi connectivity index (χ1n) is 5.10. The molecule has 94 valence electrons. The van der Waals surface area contributed by atoms with Crippen LogP contribution in [0, 0.1) is 5.82 Å². The van der Waals surface area contributed by atoms with E-state index < -0.39 is 21.6 Å². The molecule has 0 fully saturated rings. The summed E-state index contributed by atoms with van der Waals surface area (Å²) in [7, 11) is -3.02. The van der Waals surface area contributed by atoms with Gasteiger partial charge in [-0.2, -0.15) is 0 Å². The van der Waals surface area contributed by atoms with Gasteiger partial charge in [-0.25, -0.2) is 12.8 Å². The van der Waals surface area contributed by atoms with E-state index in [0.717, 1.165) is 6.26 Å². The summed E-state index contributed by atoms with van der Waals surface area (Å²) >= 11 is 0. The zero-order valence-electron chi connectivity index (χ0n) is 9.44. The van der Waals surface area contributed by atoms with E-state index in [2.05, 4.69) is 5.32 Å². The SMILES string of the molecule is CS(=O)(=O)CCCNC(=O)c1ccccc1F. The van der Waals surface area contributed by atoms with Crippen LogP contribution in [0.3, 0.4) is 0 Å². The van der Waals surface area contributed by atoms with Crippen molar-refractivity contribution < 1.29 is 17.6 Å². The summed E-state index contributed by atoms with van der Waals surface area (Å²) < 4.78 is 34.8. The third-order valence-electron chi connectivity index (χ3n) is 2.10. The minimum atomic E-state index is -3.02. The molecule has 0 aromatic heterocycles. The minimum absolute atomic E-state index is 0.00452. The smallest absolute Gasteiger partial charge is 0.254 e. The second-order valence-corrected chi connectivity index (χ2v) is 5.98. The molecule has 0 spiro atoms. The molecule has 0 unspecified atom stereocenters. The topological polar surface area (TPSA) is 63.2 Å². The van der Waals surface area contributed by atoms with E-state index in [1.807, 2.05) is 0 Å². The molecule has 0 saturated heterocycles. The Morgan fingerprint density at radius 3 is 2.59 bits per heavy atom. The van der Waals surface area contributed by atoms with Crippen LogP contribution in [-0.4, -0.2) is 32.9 Å². The van der Waals surface area contributed by atoms with Gasteiger partial charge in [-0.3, -0.25) is 4.79 Å². The van der Waals surface area contributed by atoms with Crippen LogP contribution in [0.4, 0.5) is 4.39 Å². The summed E-state index contributed by atoms with van der Waals surface area (Å²) in [5.74, 6) is -1.12. The first-order chi connectivity index (χ1) is 7.90. The third-order valence-corrected chi connectivity index (χ3v) is 3.13. The standard InChI is InChI=1S/C11H14FNO3S/c1-17(15,16)8-4-7-13-11(14)9-5-2-3-6-10(9)12/h2-3,5-6H,4,7-8H2,1H3,(H,13,14). The Morgan fingerprint density at radius 1 is 1.35 bits per heavy atom. The third kappa shape index (κ3) is 4.95. The van der Waals surface area contributed by atoms with Gasteiger partial charge in [-0.15, -0.1) is 0 Å². The van der Waals surface area contributed by atoms with Gasteiger partial charge in [0.2, 0.25) is 0 Å². The van der Waals surface area contributed by atoms with Gasteiger partial charge < -0.3 is 5.32 Å². The lowest BCUT2D eigenvalue weighted by Crippen LogP contribution is -2.26. The number of hydrogen-bond acceptors (Lipinski definition) is 3. The highest BCUT2D eigenvalue weighted by Gasteiger charge is 2.10. The Kier molecular flexibility index (Phi) is 4.62. The molecule has 0 bridgehead atoms. The van der Waals surface area contributed by atoms with Crippen molar-refractivity contribution in [2.24, 2.45) is 0 Å². The van der Waals surface area contributed by atoms with Crippen molar-refractivity contribution in [2.75, 3.05) is 18.6 Å². The Hall–Kier alpha value is -1.43. The van der Waals surface area contributed by atoms with E-state index in [9.17, 15) is 17.6 Å². The fourth-order valence-corrected chi connectivity index (χ4v) is 1.95. The van der Waals surface area contributed by atoms with Crippen LogP contribution in [0.1, 0.15) is 16.8 Å². The number of rotatable bonds is 5. The average Bonchev–Trinajstić information content (AvgIpc) is 2.23. The lowest BCUT2D eigenvalue weighted by atomic mass is 10.2. The van der Waals surface area contributed by atoms with Gasteiger partial charge >= 0.3 is 0 Å². The summed E-state index contributed by atoms with van der Waals surface area (Å²) in [6.07, 6.45) is 1.45. The highest BCUT2D eigenvalue weighted by atomic mass is 32.2. The summed E-state index contributed by atoms with van der Waals surface area (Å²) in [5, 5.41) is 2.47. The lowest BCUT2D eigenvalue weighted by molar-refractivity contribution is 0.0949. The number of halogens is 1. The first-order valence-corrected chi connectivity index (χ1v) is 7.16. The molecule has 17 heavy (non-hydrogen) atoms. The van der Waals surface area contributed by atoms with Crippen molar-refractivity contribution >= 4 is 15.7 Å². The van der Waals surface area contributed by atoms with Gasteiger partial charge in [0.05, 0.1) is 11.3 Å². The van der Waals surface area contributed by atoms with Crippen LogP contribution in [0.5, 0.6) is 0 Å². The molecule has 1 N–H and O–H groups in total. The molecular weight excluding hydrogens is 245 g/mol. The molecule has 0 aliphatic rings. The molecule has 6 heteroatoms. The maximum atomic E-state index is 13.2. The fourth-order valence-electron chi connectivity index (χ4n) is 1.28. The normalized spacial score (nSPS) is 11.2. The van der Waals surface area contributed by atoms with Crippen molar-refractivity contribution in [2.45, 2.75) is 6.42 Å². The molecule has 0 atom stereocenters. The quantitative estimate of drug-likeness (QED) is 0.802. The van der Waals surface area contributed by atoms with Crippen LogP contribution >= 0.6 is 0 Å². The summed E-state index contributed by atoms with van der Waals surface area (Å²) in [4.78, 5) is 11.5. The summed E-state index contributed by atoms with van der Waals surface area (Å²) in [6, 6.07) is 5.64. The molecule has 4 nitrogen and oxygen atoms in total. The largest absolute Gasteiger partial charge is 0.352 e. The van der Waals surface area contributed by atoms with Crippen molar-refractivity contribution in [1.29, 1.82) is 0 Å². The number of carbonyl (C=O) groups is 1. The van der Waals surface area contributed by atoms with Crippen LogP contribution < -0.4 is 5.32 Å². The molecule has 1 rings (SSSR count). The zero-order valence-corrected chi connectivity index (χ0v) is 10.3.